The van der Waals surface area contributed by atoms with E-state index in [4.69, 9.17) is 0 Å². The number of hydrogen-bond acceptors (Lipinski definition) is 3. The lowest BCUT2D eigenvalue weighted by Crippen LogP contribution is -2.37. The molecule has 5 nitrogen and oxygen atoms in total. The number of rotatable bonds is 4. The third-order valence-corrected chi connectivity index (χ3v) is 6.05. The Bertz CT molecular complexity index is 741. The molecule has 1 aromatic rings. The molecule has 0 radical (unpaired) electrons. The van der Waals surface area contributed by atoms with Crippen LogP contribution in [0.2, 0.25) is 0 Å². The molecule has 0 aromatic heterocycles. The Morgan fingerprint density at radius 2 is 1.80 bits per heavy atom. The lowest BCUT2D eigenvalue weighted by atomic mass is 10.1. The topological polar surface area (TPSA) is 57.7 Å². The molecule has 0 bridgehead atoms. The Hall–Kier alpha value is -1.61. The Kier molecular flexibility index (Phi) is 5.78. The zero-order valence-electron chi connectivity index (χ0n) is 14.1. The Morgan fingerprint density at radius 3 is 2.36 bits per heavy atom. The van der Waals surface area contributed by atoms with Crippen LogP contribution in [0.1, 0.15) is 35.2 Å². The van der Waals surface area contributed by atoms with Gasteiger partial charge in [-0.15, -0.1) is 0 Å². The standard InChI is InChI=1S/C16H21F3N2O3S/c1-12-6-7-13(25(23,24)21-8-4-3-5-9-21)10-14(12)15(22)20(2)11-16(17,18)19/h6-7,10H,3-5,8-9,11H2,1-2H3. The average Bonchev–Trinajstić information content (AvgIpc) is 2.53. The molecule has 25 heavy (non-hydrogen) atoms. The van der Waals surface area contributed by atoms with Crippen LogP contribution in [-0.4, -0.2) is 56.4 Å². The van der Waals surface area contributed by atoms with Crippen LogP contribution < -0.4 is 0 Å². The summed E-state index contributed by atoms with van der Waals surface area (Å²) in [4.78, 5) is 12.8. The van der Waals surface area contributed by atoms with Gasteiger partial charge in [0.05, 0.1) is 4.90 Å². The van der Waals surface area contributed by atoms with Crippen molar-refractivity contribution >= 4 is 15.9 Å². The number of alkyl halides is 3. The molecule has 0 unspecified atom stereocenters. The fourth-order valence-corrected chi connectivity index (χ4v) is 4.34. The monoisotopic (exact) mass is 378 g/mol. The number of amides is 1. The van der Waals surface area contributed by atoms with Gasteiger partial charge in [-0.3, -0.25) is 4.79 Å². The largest absolute Gasteiger partial charge is 0.406 e. The number of carbonyl (C=O) groups excluding carboxylic acids is 1. The number of nitrogens with zero attached hydrogens (tertiary/aromatic N) is 2. The van der Waals surface area contributed by atoms with E-state index < -0.39 is 28.7 Å². The van der Waals surface area contributed by atoms with Crippen LogP contribution in [0.15, 0.2) is 23.1 Å². The molecular weight excluding hydrogens is 357 g/mol. The van der Waals surface area contributed by atoms with E-state index in [1.807, 2.05) is 0 Å². The van der Waals surface area contributed by atoms with E-state index in [2.05, 4.69) is 0 Å². The van der Waals surface area contributed by atoms with Gasteiger partial charge in [0.15, 0.2) is 0 Å². The van der Waals surface area contributed by atoms with E-state index in [0.717, 1.165) is 26.3 Å². The fraction of sp³-hybridized carbons (Fsp3) is 0.562. The third-order valence-electron chi connectivity index (χ3n) is 4.16. The predicted octanol–water partition coefficient (Wildman–Crippen LogP) is 2.80. The van der Waals surface area contributed by atoms with Gasteiger partial charge in [0.2, 0.25) is 10.0 Å². The van der Waals surface area contributed by atoms with E-state index in [0.29, 0.717) is 23.6 Å². The second-order valence-corrected chi connectivity index (χ2v) is 8.16. The Balaban J connectivity index is 2.32. The summed E-state index contributed by atoms with van der Waals surface area (Å²) in [5, 5.41) is 0. The maximum Gasteiger partial charge on any atom is 0.406 e. The van der Waals surface area contributed by atoms with Crippen LogP contribution in [0.25, 0.3) is 0 Å². The normalized spacial score (nSPS) is 16.7. The van der Waals surface area contributed by atoms with E-state index in [1.165, 1.54) is 22.5 Å². The molecule has 0 N–H and O–H groups in total. The molecule has 0 saturated carbocycles. The second kappa shape index (κ2) is 7.33. The third kappa shape index (κ3) is 4.72. The molecule has 1 heterocycles. The number of aryl methyl sites for hydroxylation is 1. The summed E-state index contributed by atoms with van der Waals surface area (Å²) in [7, 11) is -2.71. The molecule has 1 amide bonds. The molecule has 0 atom stereocenters. The van der Waals surface area contributed by atoms with Gasteiger partial charge in [-0.25, -0.2) is 8.42 Å². The van der Waals surface area contributed by atoms with Crippen molar-refractivity contribution < 1.29 is 26.4 Å². The smallest absolute Gasteiger partial charge is 0.333 e. The SMILES string of the molecule is Cc1ccc(S(=O)(=O)N2CCCCC2)cc1C(=O)N(C)CC(F)(F)F. The highest BCUT2D eigenvalue weighted by atomic mass is 32.2. The summed E-state index contributed by atoms with van der Waals surface area (Å²) >= 11 is 0. The van der Waals surface area contributed by atoms with Crippen molar-refractivity contribution in [2.24, 2.45) is 0 Å². The first-order valence-corrected chi connectivity index (χ1v) is 9.39. The second-order valence-electron chi connectivity index (χ2n) is 6.22. The van der Waals surface area contributed by atoms with Crippen LogP contribution in [0.3, 0.4) is 0 Å². The Labute approximate surface area is 145 Å². The number of hydrogen-bond donors (Lipinski definition) is 0. The fourth-order valence-electron chi connectivity index (χ4n) is 2.79. The summed E-state index contributed by atoms with van der Waals surface area (Å²) < 4.78 is 64.2. The van der Waals surface area contributed by atoms with Gasteiger partial charge < -0.3 is 4.90 Å². The van der Waals surface area contributed by atoms with Crippen LogP contribution in [-0.2, 0) is 10.0 Å². The summed E-state index contributed by atoms with van der Waals surface area (Å²) in [6, 6.07) is 4.01. The summed E-state index contributed by atoms with van der Waals surface area (Å²) in [5.74, 6) is -0.856. The van der Waals surface area contributed by atoms with Crippen LogP contribution in [0.5, 0.6) is 0 Å². The lowest BCUT2D eigenvalue weighted by Gasteiger charge is -2.26. The van der Waals surface area contributed by atoms with Gasteiger partial charge in [0, 0.05) is 25.7 Å². The van der Waals surface area contributed by atoms with E-state index in [9.17, 15) is 26.4 Å². The molecule has 1 aliphatic rings. The first-order chi connectivity index (χ1) is 11.5. The van der Waals surface area contributed by atoms with E-state index in [-0.39, 0.29) is 10.5 Å². The minimum Gasteiger partial charge on any atom is -0.333 e. The molecule has 1 aromatic carbocycles. The van der Waals surface area contributed by atoms with E-state index >= 15 is 0 Å². The molecule has 140 valence electrons. The molecular formula is C16H21F3N2O3S. The number of piperidine rings is 1. The minimum atomic E-state index is -4.52. The molecule has 1 saturated heterocycles. The first-order valence-electron chi connectivity index (χ1n) is 7.95. The van der Waals surface area contributed by atoms with Crippen LogP contribution >= 0.6 is 0 Å². The highest BCUT2D eigenvalue weighted by molar-refractivity contribution is 7.89. The summed E-state index contributed by atoms with van der Waals surface area (Å²) in [6.07, 6.45) is -2.02. The maximum atomic E-state index is 12.7. The summed E-state index contributed by atoms with van der Waals surface area (Å²) in [6.45, 7) is 0.987. The van der Waals surface area contributed by atoms with Crippen LogP contribution in [0.4, 0.5) is 13.2 Å². The molecule has 2 rings (SSSR count). The van der Waals surface area contributed by atoms with Gasteiger partial charge in [0.25, 0.3) is 5.91 Å². The van der Waals surface area contributed by atoms with Crippen molar-refractivity contribution in [2.45, 2.75) is 37.3 Å². The highest BCUT2D eigenvalue weighted by Crippen LogP contribution is 2.24. The van der Waals surface area contributed by atoms with Gasteiger partial charge in [-0.1, -0.05) is 12.5 Å². The zero-order valence-corrected chi connectivity index (χ0v) is 15.0. The number of halogens is 3. The van der Waals surface area contributed by atoms with Crippen molar-refractivity contribution in [1.82, 2.24) is 9.21 Å². The molecule has 1 fully saturated rings. The minimum absolute atomic E-state index is 0.0372. The lowest BCUT2D eigenvalue weighted by molar-refractivity contribution is -0.138. The van der Waals surface area contributed by atoms with Gasteiger partial charge in [-0.05, 0) is 37.5 Å². The van der Waals surface area contributed by atoms with Gasteiger partial charge in [-0.2, -0.15) is 17.5 Å². The van der Waals surface area contributed by atoms with Gasteiger partial charge in [0.1, 0.15) is 6.54 Å². The van der Waals surface area contributed by atoms with Crippen molar-refractivity contribution in [2.75, 3.05) is 26.7 Å². The number of sulfonamides is 1. The average molecular weight is 378 g/mol. The Morgan fingerprint density at radius 1 is 1.20 bits per heavy atom. The van der Waals surface area contributed by atoms with E-state index in [1.54, 1.807) is 6.92 Å². The van der Waals surface area contributed by atoms with Crippen LogP contribution in [0, 0.1) is 6.92 Å². The van der Waals surface area contributed by atoms with Crippen molar-refractivity contribution in [3.63, 3.8) is 0 Å². The summed E-state index contributed by atoms with van der Waals surface area (Å²) in [5.41, 5.74) is 0.390. The van der Waals surface area contributed by atoms with Crippen molar-refractivity contribution in [3.8, 4) is 0 Å². The predicted molar refractivity (Wildman–Crippen MR) is 86.8 cm³/mol. The molecule has 9 heteroatoms. The molecule has 0 aliphatic carbocycles. The molecule has 0 spiro atoms. The number of benzene rings is 1. The first kappa shape index (κ1) is 19.7. The number of carbonyl (C=O) groups is 1. The maximum absolute atomic E-state index is 12.7. The van der Waals surface area contributed by atoms with Crippen molar-refractivity contribution in [1.29, 1.82) is 0 Å². The quantitative estimate of drug-likeness (QED) is 0.810. The van der Waals surface area contributed by atoms with Crippen molar-refractivity contribution in [3.05, 3.63) is 29.3 Å². The molecule has 1 aliphatic heterocycles. The highest BCUT2D eigenvalue weighted by Gasteiger charge is 2.32. The van der Waals surface area contributed by atoms with Gasteiger partial charge >= 0.3 is 6.18 Å². The zero-order chi connectivity index (χ0) is 18.8.